The summed E-state index contributed by atoms with van der Waals surface area (Å²) < 4.78 is 0. The maximum Gasteiger partial charge on any atom is 0.00866 e. The van der Waals surface area contributed by atoms with Crippen molar-refractivity contribution in [2.24, 2.45) is 0 Å². The number of hydrogen-bond acceptors (Lipinski definition) is 0. The first-order chi connectivity index (χ1) is 7.83. The monoisotopic (exact) mass is 212 g/mol. The molecule has 0 heterocycles. The van der Waals surface area contributed by atoms with Crippen molar-refractivity contribution in [1.29, 1.82) is 0 Å². The maximum atomic E-state index is 3.78. The van der Waals surface area contributed by atoms with E-state index in [-0.39, 0.29) is 0 Å². The van der Waals surface area contributed by atoms with Crippen molar-refractivity contribution in [3.8, 4) is 0 Å². The third-order valence-electron chi connectivity index (χ3n) is 2.68. The Balaban J connectivity index is 3.05. The molecule has 0 saturated carbocycles. The minimum atomic E-state index is 0.468. The van der Waals surface area contributed by atoms with Gasteiger partial charge in [0.2, 0.25) is 0 Å². The van der Waals surface area contributed by atoms with Crippen LogP contribution in [0, 0.1) is 0 Å². The Morgan fingerprint density at radius 1 is 1.31 bits per heavy atom. The van der Waals surface area contributed by atoms with Gasteiger partial charge in [-0.25, -0.2) is 0 Å². The molecule has 0 nitrogen and oxygen atoms in total. The van der Waals surface area contributed by atoms with E-state index in [1.54, 1.807) is 0 Å². The van der Waals surface area contributed by atoms with E-state index in [1.807, 2.05) is 6.08 Å². The van der Waals surface area contributed by atoms with Crippen LogP contribution in [0.5, 0.6) is 0 Å². The van der Waals surface area contributed by atoms with Gasteiger partial charge >= 0.3 is 0 Å². The van der Waals surface area contributed by atoms with Crippen LogP contribution in [0.25, 0.3) is 0 Å². The van der Waals surface area contributed by atoms with Gasteiger partial charge in [-0.05, 0) is 24.5 Å². The molecule has 0 bridgehead atoms. The average molecular weight is 212 g/mol. The molecular formula is C16H20. The smallest absolute Gasteiger partial charge is 0.00866 e. The Bertz CT molecular complexity index is 368. The van der Waals surface area contributed by atoms with Gasteiger partial charge in [0, 0.05) is 5.92 Å². The standard InChI is InChI=1S/C16H20/c1-4-10-14(11-5-2)16(6-3)15-12-8-7-9-13-15/h4-5,7-13,16H,1,6H2,2-3H3/b11-5-,14-10+. The SMILES string of the molecule is C=C/C=C(\C=C/C)C(CC)c1ccccc1. The molecule has 1 aromatic rings. The molecule has 1 unspecified atom stereocenters. The molecular weight excluding hydrogens is 192 g/mol. The Labute approximate surface area is 99.0 Å². The second-order valence-corrected chi connectivity index (χ2v) is 3.77. The van der Waals surface area contributed by atoms with Crippen molar-refractivity contribution < 1.29 is 0 Å². The van der Waals surface area contributed by atoms with Gasteiger partial charge in [-0.1, -0.05) is 68.1 Å². The molecule has 0 fully saturated rings. The van der Waals surface area contributed by atoms with Crippen LogP contribution >= 0.6 is 0 Å². The molecule has 0 aliphatic carbocycles. The zero-order chi connectivity index (χ0) is 11.8. The Morgan fingerprint density at radius 2 is 2.00 bits per heavy atom. The van der Waals surface area contributed by atoms with E-state index in [2.05, 4.69) is 69.0 Å². The molecule has 0 amide bonds. The zero-order valence-corrected chi connectivity index (χ0v) is 10.2. The molecule has 1 aromatic carbocycles. The minimum Gasteiger partial charge on any atom is -0.0991 e. The molecule has 0 radical (unpaired) electrons. The molecule has 0 heteroatoms. The molecule has 16 heavy (non-hydrogen) atoms. The highest BCUT2D eigenvalue weighted by Gasteiger charge is 2.11. The summed E-state index contributed by atoms with van der Waals surface area (Å²) in [6.07, 6.45) is 9.32. The van der Waals surface area contributed by atoms with Gasteiger partial charge in [-0.3, -0.25) is 0 Å². The second kappa shape index (κ2) is 6.84. The molecule has 84 valence electrons. The fraction of sp³-hybridized carbons (Fsp3) is 0.250. The van der Waals surface area contributed by atoms with Crippen LogP contribution in [0.4, 0.5) is 0 Å². The van der Waals surface area contributed by atoms with Gasteiger partial charge < -0.3 is 0 Å². The molecule has 0 aliphatic heterocycles. The molecule has 0 saturated heterocycles. The van der Waals surface area contributed by atoms with Crippen molar-refractivity contribution >= 4 is 0 Å². The summed E-state index contributed by atoms with van der Waals surface area (Å²) in [4.78, 5) is 0. The summed E-state index contributed by atoms with van der Waals surface area (Å²) in [5.41, 5.74) is 2.70. The van der Waals surface area contributed by atoms with Crippen LogP contribution in [0.3, 0.4) is 0 Å². The van der Waals surface area contributed by atoms with Crippen molar-refractivity contribution in [1.82, 2.24) is 0 Å². The summed E-state index contributed by atoms with van der Waals surface area (Å²) in [6.45, 7) is 8.05. The van der Waals surface area contributed by atoms with Crippen LogP contribution in [0.2, 0.25) is 0 Å². The van der Waals surface area contributed by atoms with Gasteiger partial charge in [0.05, 0.1) is 0 Å². The third-order valence-corrected chi connectivity index (χ3v) is 2.68. The first-order valence-corrected chi connectivity index (χ1v) is 5.83. The van der Waals surface area contributed by atoms with Crippen molar-refractivity contribution in [3.05, 3.63) is 72.4 Å². The topological polar surface area (TPSA) is 0 Å². The van der Waals surface area contributed by atoms with Crippen molar-refractivity contribution in [3.63, 3.8) is 0 Å². The fourth-order valence-corrected chi connectivity index (χ4v) is 1.97. The van der Waals surface area contributed by atoms with Crippen LogP contribution < -0.4 is 0 Å². The summed E-state index contributed by atoms with van der Waals surface area (Å²) in [6, 6.07) is 10.6. The Hall–Kier alpha value is -1.56. The second-order valence-electron chi connectivity index (χ2n) is 3.77. The highest BCUT2D eigenvalue weighted by atomic mass is 14.1. The molecule has 1 atom stereocenters. The zero-order valence-electron chi connectivity index (χ0n) is 10.2. The van der Waals surface area contributed by atoms with Crippen LogP contribution in [0.15, 0.2) is 66.8 Å². The van der Waals surface area contributed by atoms with E-state index in [0.717, 1.165) is 6.42 Å². The molecule has 1 rings (SSSR count). The third kappa shape index (κ3) is 3.23. The maximum absolute atomic E-state index is 3.78. The van der Waals surface area contributed by atoms with E-state index in [4.69, 9.17) is 0 Å². The lowest BCUT2D eigenvalue weighted by molar-refractivity contribution is 0.776. The van der Waals surface area contributed by atoms with E-state index in [9.17, 15) is 0 Å². The van der Waals surface area contributed by atoms with Crippen molar-refractivity contribution in [2.75, 3.05) is 0 Å². The number of benzene rings is 1. The van der Waals surface area contributed by atoms with Crippen molar-refractivity contribution in [2.45, 2.75) is 26.2 Å². The van der Waals surface area contributed by atoms with Gasteiger partial charge in [-0.2, -0.15) is 0 Å². The quantitative estimate of drug-likeness (QED) is 0.611. The minimum absolute atomic E-state index is 0.468. The lowest BCUT2D eigenvalue weighted by Gasteiger charge is -2.16. The summed E-state index contributed by atoms with van der Waals surface area (Å²) >= 11 is 0. The van der Waals surface area contributed by atoms with Gasteiger partial charge in [0.1, 0.15) is 0 Å². The first-order valence-electron chi connectivity index (χ1n) is 5.83. The first kappa shape index (κ1) is 12.5. The summed E-state index contributed by atoms with van der Waals surface area (Å²) in [5.74, 6) is 0.468. The predicted molar refractivity (Wildman–Crippen MR) is 72.6 cm³/mol. The lowest BCUT2D eigenvalue weighted by atomic mass is 9.88. The molecule has 0 spiro atoms. The van der Waals surface area contributed by atoms with Crippen LogP contribution in [-0.2, 0) is 0 Å². The highest BCUT2D eigenvalue weighted by Crippen LogP contribution is 2.28. The fourth-order valence-electron chi connectivity index (χ4n) is 1.97. The van der Waals surface area contributed by atoms with Crippen LogP contribution in [-0.4, -0.2) is 0 Å². The normalized spacial score (nSPS) is 14.0. The van der Waals surface area contributed by atoms with E-state index in [1.165, 1.54) is 11.1 Å². The predicted octanol–water partition coefficient (Wildman–Crippen LogP) is 4.87. The van der Waals surface area contributed by atoms with Gasteiger partial charge in [0.25, 0.3) is 0 Å². The van der Waals surface area contributed by atoms with Gasteiger partial charge in [-0.15, -0.1) is 0 Å². The Kier molecular flexibility index (Phi) is 5.35. The number of rotatable bonds is 5. The van der Waals surface area contributed by atoms with E-state index in [0.29, 0.717) is 5.92 Å². The summed E-state index contributed by atoms with van der Waals surface area (Å²) in [7, 11) is 0. The average Bonchev–Trinajstić information content (AvgIpc) is 2.32. The molecule has 0 N–H and O–H groups in total. The Morgan fingerprint density at radius 3 is 2.50 bits per heavy atom. The largest absolute Gasteiger partial charge is 0.0991 e. The number of allylic oxidation sites excluding steroid dienone is 5. The number of hydrogen-bond donors (Lipinski definition) is 0. The highest BCUT2D eigenvalue weighted by molar-refractivity contribution is 5.36. The molecule has 0 aromatic heterocycles. The van der Waals surface area contributed by atoms with E-state index < -0.39 is 0 Å². The van der Waals surface area contributed by atoms with E-state index >= 15 is 0 Å². The summed E-state index contributed by atoms with van der Waals surface area (Å²) in [5, 5.41) is 0. The van der Waals surface area contributed by atoms with Crippen LogP contribution in [0.1, 0.15) is 31.7 Å². The molecule has 0 aliphatic rings. The lowest BCUT2D eigenvalue weighted by Crippen LogP contribution is -1.99. The van der Waals surface area contributed by atoms with Gasteiger partial charge in [0.15, 0.2) is 0 Å².